The monoisotopic (exact) mass is 438 g/mol. The van der Waals surface area contributed by atoms with Crippen molar-refractivity contribution in [2.45, 2.75) is 6.42 Å². The highest BCUT2D eigenvalue weighted by atomic mass is 16.2. The second-order valence-electron chi connectivity index (χ2n) is 7.12. The Kier molecular flexibility index (Phi) is 6.87. The Hall–Kier alpha value is -4.72. The molecule has 8 heteroatoms. The fourth-order valence-corrected chi connectivity index (χ4v) is 2.98. The van der Waals surface area contributed by atoms with E-state index in [0.29, 0.717) is 23.0 Å². The summed E-state index contributed by atoms with van der Waals surface area (Å²) in [7, 11) is 0. The third-order valence-electron chi connectivity index (χ3n) is 4.51. The molecule has 4 aromatic rings. The van der Waals surface area contributed by atoms with Crippen LogP contribution in [0.2, 0.25) is 0 Å². The molecule has 0 atom stereocenters. The zero-order valence-corrected chi connectivity index (χ0v) is 17.7. The van der Waals surface area contributed by atoms with Crippen molar-refractivity contribution >= 4 is 46.2 Å². The third kappa shape index (κ3) is 6.63. The number of nitrogens with one attached hydrogen (secondary N) is 4. The Morgan fingerprint density at radius 1 is 0.545 bits per heavy atom. The number of carbonyl (C=O) groups excluding carboxylic acids is 2. The van der Waals surface area contributed by atoms with Crippen LogP contribution in [0.15, 0.2) is 97.3 Å². The van der Waals surface area contributed by atoms with Crippen LogP contribution in [0.1, 0.15) is 6.42 Å². The van der Waals surface area contributed by atoms with Gasteiger partial charge in [-0.2, -0.15) is 0 Å². The Morgan fingerprint density at radius 2 is 0.970 bits per heavy atom. The summed E-state index contributed by atoms with van der Waals surface area (Å²) in [6, 6.07) is 26.2. The maximum Gasteiger partial charge on any atom is 0.233 e. The number of hydrogen-bond donors (Lipinski definition) is 4. The Bertz CT molecular complexity index is 1100. The van der Waals surface area contributed by atoms with E-state index >= 15 is 0 Å². The van der Waals surface area contributed by atoms with E-state index < -0.39 is 11.8 Å². The van der Waals surface area contributed by atoms with Crippen LogP contribution >= 0.6 is 0 Å². The first-order chi connectivity index (χ1) is 16.1. The van der Waals surface area contributed by atoms with Crippen molar-refractivity contribution < 1.29 is 9.59 Å². The second kappa shape index (κ2) is 10.5. The maximum absolute atomic E-state index is 12.2. The molecule has 2 heterocycles. The van der Waals surface area contributed by atoms with Crippen molar-refractivity contribution in [3.05, 3.63) is 97.3 Å². The van der Waals surface area contributed by atoms with Gasteiger partial charge in [0.05, 0.1) is 23.8 Å². The van der Waals surface area contributed by atoms with Crippen LogP contribution in [0.5, 0.6) is 0 Å². The summed E-state index contributed by atoms with van der Waals surface area (Å²) in [5, 5.41) is 11.7. The molecule has 0 bridgehead atoms. The van der Waals surface area contributed by atoms with E-state index in [9.17, 15) is 9.59 Å². The number of rotatable bonds is 8. The van der Waals surface area contributed by atoms with Gasteiger partial charge in [-0.3, -0.25) is 9.59 Å². The number of carbonyl (C=O) groups is 2. The van der Waals surface area contributed by atoms with Gasteiger partial charge in [-0.05, 0) is 48.5 Å². The highest BCUT2D eigenvalue weighted by Crippen LogP contribution is 2.17. The molecule has 2 amide bonds. The number of hydrogen-bond acceptors (Lipinski definition) is 6. The van der Waals surface area contributed by atoms with E-state index in [-0.39, 0.29) is 6.42 Å². The molecule has 2 aromatic heterocycles. The van der Waals surface area contributed by atoms with Gasteiger partial charge in [-0.1, -0.05) is 36.4 Å². The molecule has 0 unspecified atom stereocenters. The van der Waals surface area contributed by atoms with E-state index in [0.717, 1.165) is 11.4 Å². The number of nitrogens with zero attached hydrogens (tertiary/aromatic N) is 2. The number of benzene rings is 2. The fraction of sp³-hybridized carbons (Fsp3) is 0.0400. The lowest BCUT2D eigenvalue weighted by Crippen LogP contribution is -2.21. The number of amides is 2. The van der Waals surface area contributed by atoms with Crippen LogP contribution in [-0.2, 0) is 9.59 Å². The molecule has 4 rings (SSSR count). The predicted octanol–water partition coefficient (Wildman–Crippen LogP) is 4.93. The SMILES string of the molecule is O=C(CC(=O)Nc1ccc(Nc2ccccc2)nc1)Nc1ccc(Nc2ccccc2)nc1. The average molecular weight is 438 g/mol. The summed E-state index contributed by atoms with van der Waals surface area (Å²) >= 11 is 0. The van der Waals surface area contributed by atoms with Crippen LogP contribution in [0.25, 0.3) is 0 Å². The summed E-state index contributed by atoms with van der Waals surface area (Å²) in [6.45, 7) is 0. The third-order valence-corrected chi connectivity index (χ3v) is 4.51. The van der Waals surface area contributed by atoms with Gasteiger partial charge >= 0.3 is 0 Å². The predicted molar refractivity (Wildman–Crippen MR) is 130 cm³/mol. The summed E-state index contributed by atoms with van der Waals surface area (Å²) in [5.41, 5.74) is 2.84. The van der Waals surface area contributed by atoms with Crippen molar-refractivity contribution in [3.8, 4) is 0 Å². The molecular formula is C25H22N6O2. The summed E-state index contributed by atoms with van der Waals surface area (Å²) in [4.78, 5) is 33.0. The molecule has 2 aromatic carbocycles. The number of anilines is 6. The number of pyridine rings is 2. The molecule has 0 radical (unpaired) electrons. The normalized spacial score (nSPS) is 10.2. The van der Waals surface area contributed by atoms with Crippen molar-refractivity contribution in [1.29, 1.82) is 0 Å². The van der Waals surface area contributed by atoms with Gasteiger partial charge in [-0.25, -0.2) is 9.97 Å². The first kappa shape index (κ1) is 21.5. The van der Waals surface area contributed by atoms with Crippen molar-refractivity contribution in [2.24, 2.45) is 0 Å². The van der Waals surface area contributed by atoms with Crippen molar-refractivity contribution in [3.63, 3.8) is 0 Å². The minimum absolute atomic E-state index is 0.325. The van der Waals surface area contributed by atoms with E-state index in [1.807, 2.05) is 60.7 Å². The standard InChI is InChI=1S/C25H22N6O2/c32-24(30-20-11-13-22(26-16-20)28-18-7-3-1-4-8-18)15-25(33)31-21-12-14-23(27-17-21)29-19-9-5-2-6-10-19/h1-14,16-17H,15H2,(H,26,28)(H,27,29)(H,30,32)(H,31,33). The fourth-order valence-electron chi connectivity index (χ4n) is 2.98. The maximum atomic E-state index is 12.2. The second-order valence-corrected chi connectivity index (χ2v) is 7.12. The highest BCUT2D eigenvalue weighted by molar-refractivity contribution is 6.08. The van der Waals surface area contributed by atoms with Crippen LogP contribution in [0, 0.1) is 0 Å². The van der Waals surface area contributed by atoms with Crippen molar-refractivity contribution in [1.82, 2.24) is 9.97 Å². The van der Waals surface area contributed by atoms with Crippen LogP contribution in [0.4, 0.5) is 34.4 Å². The smallest absolute Gasteiger partial charge is 0.233 e. The lowest BCUT2D eigenvalue weighted by Gasteiger charge is -2.09. The Morgan fingerprint density at radius 3 is 1.33 bits per heavy atom. The molecule has 0 saturated carbocycles. The molecule has 33 heavy (non-hydrogen) atoms. The van der Waals surface area contributed by atoms with Gasteiger partial charge in [0.15, 0.2) is 0 Å². The topological polar surface area (TPSA) is 108 Å². The zero-order valence-electron chi connectivity index (χ0n) is 17.7. The summed E-state index contributed by atoms with van der Waals surface area (Å²) in [5.74, 6) is 0.422. The summed E-state index contributed by atoms with van der Waals surface area (Å²) in [6.07, 6.45) is 2.74. The van der Waals surface area contributed by atoms with E-state index in [1.54, 1.807) is 24.3 Å². The van der Waals surface area contributed by atoms with E-state index in [1.165, 1.54) is 12.4 Å². The van der Waals surface area contributed by atoms with Crippen LogP contribution in [-0.4, -0.2) is 21.8 Å². The number of para-hydroxylation sites is 2. The minimum atomic E-state index is -0.437. The van der Waals surface area contributed by atoms with Crippen molar-refractivity contribution in [2.75, 3.05) is 21.3 Å². The average Bonchev–Trinajstić information content (AvgIpc) is 2.83. The highest BCUT2D eigenvalue weighted by Gasteiger charge is 2.11. The largest absolute Gasteiger partial charge is 0.340 e. The minimum Gasteiger partial charge on any atom is -0.340 e. The van der Waals surface area contributed by atoms with Crippen LogP contribution in [0.3, 0.4) is 0 Å². The molecule has 0 saturated heterocycles. The zero-order chi connectivity index (χ0) is 22.9. The molecule has 0 spiro atoms. The molecule has 0 aliphatic rings. The van der Waals surface area contributed by atoms with E-state index in [2.05, 4.69) is 31.2 Å². The quantitative estimate of drug-likeness (QED) is 0.291. The van der Waals surface area contributed by atoms with Gasteiger partial charge < -0.3 is 21.3 Å². The molecule has 4 N–H and O–H groups in total. The molecule has 164 valence electrons. The molecule has 0 aliphatic heterocycles. The van der Waals surface area contributed by atoms with Gasteiger partial charge in [0.2, 0.25) is 11.8 Å². The Balaban J connectivity index is 1.24. The molecule has 8 nitrogen and oxygen atoms in total. The number of aromatic nitrogens is 2. The van der Waals surface area contributed by atoms with Gasteiger partial charge in [0.25, 0.3) is 0 Å². The van der Waals surface area contributed by atoms with Gasteiger partial charge in [-0.15, -0.1) is 0 Å². The molecule has 0 fully saturated rings. The molecular weight excluding hydrogens is 416 g/mol. The van der Waals surface area contributed by atoms with Gasteiger partial charge in [0.1, 0.15) is 18.1 Å². The van der Waals surface area contributed by atoms with Gasteiger partial charge in [0, 0.05) is 11.4 Å². The van der Waals surface area contributed by atoms with Crippen LogP contribution < -0.4 is 21.3 Å². The lowest BCUT2D eigenvalue weighted by atomic mass is 10.3. The first-order valence-electron chi connectivity index (χ1n) is 10.3. The van der Waals surface area contributed by atoms with E-state index in [4.69, 9.17) is 0 Å². The lowest BCUT2D eigenvalue weighted by molar-refractivity contribution is -0.123. The first-order valence-corrected chi connectivity index (χ1v) is 10.3. The summed E-state index contributed by atoms with van der Waals surface area (Å²) < 4.78 is 0. The molecule has 0 aliphatic carbocycles. The Labute approximate surface area is 191 Å².